The Labute approximate surface area is 109 Å². The number of Topliss-reactive ketones (excluding diaryl/α,β-unsaturated/α-hetero) is 1. The van der Waals surface area contributed by atoms with Crippen molar-refractivity contribution in [2.45, 2.75) is 25.7 Å². The van der Waals surface area contributed by atoms with Gasteiger partial charge in [-0.2, -0.15) is 0 Å². The van der Waals surface area contributed by atoms with Crippen LogP contribution in [0.25, 0.3) is 0 Å². The van der Waals surface area contributed by atoms with Gasteiger partial charge in [-0.15, -0.1) is 11.3 Å². The van der Waals surface area contributed by atoms with Gasteiger partial charge in [0.2, 0.25) is 0 Å². The third-order valence-corrected chi connectivity index (χ3v) is 4.62. The zero-order valence-electron chi connectivity index (χ0n) is 9.25. The van der Waals surface area contributed by atoms with Crippen molar-refractivity contribution in [3.05, 3.63) is 20.8 Å². The maximum Gasteiger partial charge on any atom is 0.174 e. The molecule has 1 aromatic rings. The first-order valence-electron chi connectivity index (χ1n) is 5.76. The third-order valence-electron chi connectivity index (χ3n) is 2.95. The van der Waals surface area contributed by atoms with Gasteiger partial charge in [0, 0.05) is 13.0 Å². The first-order valence-corrected chi connectivity index (χ1v) is 7.37. The summed E-state index contributed by atoms with van der Waals surface area (Å²) in [5.41, 5.74) is 0. The lowest BCUT2D eigenvalue weighted by molar-refractivity contribution is 0.0962. The summed E-state index contributed by atoms with van der Waals surface area (Å²) in [6.07, 6.45) is 4.59. The van der Waals surface area contributed by atoms with Gasteiger partial charge < -0.3 is 4.90 Å². The van der Waals surface area contributed by atoms with Gasteiger partial charge in [-0.25, -0.2) is 0 Å². The topological polar surface area (TPSA) is 20.3 Å². The van der Waals surface area contributed by atoms with Gasteiger partial charge in [-0.3, -0.25) is 4.79 Å². The molecular weight excluding hydrogens is 286 g/mol. The van der Waals surface area contributed by atoms with Crippen LogP contribution in [0.4, 0.5) is 0 Å². The number of halogens is 1. The summed E-state index contributed by atoms with van der Waals surface area (Å²) < 4.78 is 1.04. The Kier molecular flexibility index (Phi) is 4.55. The largest absolute Gasteiger partial charge is 0.303 e. The second-order valence-electron chi connectivity index (χ2n) is 4.18. The Morgan fingerprint density at radius 3 is 2.69 bits per heavy atom. The Morgan fingerprint density at radius 1 is 1.31 bits per heavy atom. The highest BCUT2D eigenvalue weighted by Gasteiger charge is 2.13. The normalized spacial score (nSPS) is 17.6. The molecule has 1 saturated heterocycles. The van der Waals surface area contributed by atoms with Gasteiger partial charge in [0.15, 0.2) is 5.78 Å². The highest BCUT2D eigenvalue weighted by molar-refractivity contribution is 9.11. The van der Waals surface area contributed by atoms with E-state index in [1.807, 2.05) is 12.1 Å². The Bertz CT molecular complexity index is 358. The first-order chi connectivity index (χ1) is 7.75. The van der Waals surface area contributed by atoms with Gasteiger partial charge in [0.05, 0.1) is 8.66 Å². The van der Waals surface area contributed by atoms with Crippen LogP contribution in [0.2, 0.25) is 0 Å². The molecule has 2 rings (SSSR count). The van der Waals surface area contributed by atoms with E-state index in [0.717, 1.165) is 15.2 Å². The van der Waals surface area contributed by atoms with E-state index in [1.165, 1.54) is 43.7 Å². The molecule has 1 aromatic heterocycles. The van der Waals surface area contributed by atoms with E-state index < -0.39 is 0 Å². The van der Waals surface area contributed by atoms with Crippen molar-refractivity contribution in [1.29, 1.82) is 0 Å². The first kappa shape index (κ1) is 12.3. The van der Waals surface area contributed by atoms with Crippen LogP contribution in [0.5, 0.6) is 0 Å². The van der Waals surface area contributed by atoms with Crippen LogP contribution in [-0.4, -0.2) is 30.3 Å². The standard InChI is InChI=1S/C12H16BrNOS/c13-12-5-4-11(16-12)10(15)6-9-14-7-2-1-3-8-14/h4-5H,1-3,6-9H2. The lowest BCUT2D eigenvalue weighted by Crippen LogP contribution is -2.31. The van der Waals surface area contributed by atoms with Crippen LogP contribution >= 0.6 is 27.3 Å². The summed E-state index contributed by atoms with van der Waals surface area (Å²) in [7, 11) is 0. The van der Waals surface area contributed by atoms with Gasteiger partial charge in [0.25, 0.3) is 0 Å². The number of ketones is 1. The van der Waals surface area contributed by atoms with Crippen molar-refractivity contribution in [3.8, 4) is 0 Å². The minimum atomic E-state index is 0.279. The molecule has 2 heterocycles. The third kappa shape index (κ3) is 3.40. The summed E-state index contributed by atoms with van der Waals surface area (Å²) in [6, 6.07) is 3.85. The fourth-order valence-corrected chi connectivity index (χ4v) is 3.38. The lowest BCUT2D eigenvalue weighted by Gasteiger charge is -2.25. The molecule has 0 unspecified atom stereocenters. The molecule has 2 nitrogen and oxygen atoms in total. The zero-order chi connectivity index (χ0) is 11.4. The monoisotopic (exact) mass is 301 g/mol. The van der Waals surface area contributed by atoms with Crippen molar-refractivity contribution in [3.63, 3.8) is 0 Å². The van der Waals surface area contributed by atoms with Crippen LogP contribution in [0.1, 0.15) is 35.4 Å². The van der Waals surface area contributed by atoms with E-state index in [4.69, 9.17) is 0 Å². The molecule has 0 bridgehead atoms. The van der Waals surface area contributed by atoms with E-state index in [-0.39, 0.29) is 5.78 Å². The number of hydrogen-bond donors (Lipinski definition) is 0. The van der Waals surface area contributed by atoms with Crippen LogP contribution < -0.4 is 0 Å². The molecule has 4 heteroatoms. The minimum absolute atomic E-state index is 0.279. The molecule has 0 radical (unpaired) electrons. The second-order valence-corrected chi connectivity index (χ2v) is 6.64. The molecule has 0 atom stereocenters. The summed E-state index contributed by atoms with van der Waals surface area (Å²) in [5.74, 6) is 0.279. The maximum atomic E-state index is 11.9. The molecule has 88 valence electrons. The van der Waals surface area contributed by atoms with Gasteiger partial charge in [-0.05, 0) is 54.0 Å². The Morgan fingerprint density at radius 2 is 2.06 bits per heavy atom. The van der Waals surface area contributed by atoms with Crippen LogP contribution in [-0.2, 0) is 0 Å². The van der Waals surface area contributed by atoms with Crippen molar-refractivity contribution in [2.75, 3.05) is 19.6 Å². The number of piperidine rings is 1. The summed E-state index contributed by atoms with van der Waals surface area (Å²) >= 11 is 4.92. The average Bonchev–Trinajstić information content (AvgIpc) is 2.74. The average molecular weight is 302 g/mol. The van der Waals surface area contributed by atoms with Gasteiger partial charge in [-0.1, -0.05) is 6.42 Å². The number of hydrogen-bond acceptors (Lipinski definition) is 3. The van der Waals surface area contributed by atoms with Crippen molar-refractivity contribution < 1.29 is 4.79 Å². The van der Waals surface area contributed by atoms with E-state index in [0.29, 0.717) is 6.42 Å². The molecule has 16 heavy (non-hydrogen) atoms. The number of carbonyl (C=O) groups excluding carboxylic acids is 1. The zero-order valence-corrected chi connectivity index (χ0v) is 11.6. The molecule has 0 saturated carbocycles. The minimum Gasteiger partial charge on any atom is -0.303 e. The number of thiophene rings is 1. The number of rotatable bonds is 4. The van der Waals surface area contributed by atoms with Crippen molar-refractivity contribution in [2.24, 2.45) is 0 Å². The molecule has 0 aromatic carbocycles. The molecule has 0 aliphatic carbocycles. The molecule has 1 fully saturated rings. The van der Waals surface area contributed by atoms with Crippen molar-refractivity contribution >= 4 is 33.0 Å². The summed E-state index contributed by atoms with van der Waals surface area (Å²) in [5, 5.41) is 0. The van der Waals surface area contributed by atoms with E-state index in [2.05, 4.69) is 20.8 Å². The number of nitrogens with zero attached hydrogens (tertiary/aromatic N) is 1. The summed E-state index contributed by atoms with van der Waals surface area (Å²) in [6.45, 7) is 3.26. The molecular formula is C12H16BrNOS. The van der Waals surface area contributed by atoms with Crippen LogP contribution in [0, 0.1) is 0 Å². The smallest absolute Gasteiger partial charge is 0.174 e. The van der Waals surface area contributed by atoms with Gasteiger partial charge in [0.1, 0.15) is 0 Å². The molecule has 0 spiro atoms. The van der Waals surface area contributed by atoms with E-state index >= 15 is 0 Å². The Hall–Kier alpha value is -0.190. The van der Waals surface area contributed by atoms with Crippen molar-refractivity contribution in [1.82, 2.24) is 4.90 Å². The molecule has 0 amide bonds. The predicted octanol–water partition coefficient (Wildman–Crippen LogP) is 3.57. The SMILES string of the molecule is O=C(CCN1CCCCC1)c1ccc(Br)s1. The fraction of sp³-hybridized carbons (Fsp3) is 0.583. The maximum absolute atomic E-state index is 11.9. The molecule has 1 aliphatic rings. The highest BCUT2D eigenvalue weighted by atomic mass is 79.9. The fourth-order valence-electron chi connectivity index (χ4n) is 2.03. The number of likely N-dealkylation sites (tertiary alicyclic amines) is 1. The van der Waals surface area contributed by atoms with Gasteiger partial charge >= 0.3 is 0 Å². The molecule has 0 N–H and O–H groups in total. The number of carbonyl (C=O) groups is 1. The summed E-state index contributed by atoms with van der Waals surface area (Å²) in [4.78, 5) is 15.1. The van der Waals surface area contributed by atoms with Crippen LogP contribution in [0.15, 0.2) is 15.9 Å². The second kappa shape index (κ2) is 5.94. The molecule has 1 aliphatic heterocycles. The quantitative estimate of drug-likeness (QED) is 0.793. The highest BCUT2D eigenvalue weighted by Crippen LogP contribution is 2.23. The predicted molar refractivity (Wildman–Crippen MR) is 71.3 cm³/mol. The van der Waals surface area contributed by atoms with E-state index in [9.17, 15) is 4.79 Å². The lowest BCUT2D eigenvalue weighted by atomic mass is 10.1. The van der Waals surface area contributed by atoms with Crippen LogP contribution in [0.3, 0.4) is 0 Å². The Balaban J connectivity index is 1.79. The van der Waals surface area contributed by atoms with E-state index in [1.54, 1.807) is 0 Å².